The fourth-order valence-electron chi connectivity index (χ4n) is 4.53. The summed E-state index contributed by atoms with van der Waals surface area (Å²) in [6, 6.07) is 0. The number of hydrogen-bond donors (Lipinski definition) is 3. The van der Waals surface area contributed by atoms with E-state index in [2.05, 4.69) is 19.9 Å². The Kier molecular flexibility index (Phi) is 8.55. The van der Waals surface area contributed by atoms with Gasteiger partial charge in [0, 0.05) is 5.92 Å². The van der Waals surface area contributed by atoms with E-state index in [9.17, 15) is 15.0 Å². The van der Waals surface area contributed by atoms with E-state index in [1.807, 2.05) is 6.08 Å². The molecule has 5 atom stereocenters. The minimum atomic E-state index is -0.765. The van der Waals surface area contributed by atoms with E-state index in [0.29, 0.717) is 17.6 Å². The van der Waals surface area contributed by atoms with Gasteiger partial charge in [-0.05, 0) is 61.7 Å². The van der Waals surface area contributed by atoms with Gasteiger partial charge in [-0.15, -0.1) is 11.8 Å². The highest BCUT2D eigenvalue weighted by Crippen LogP contribution is 2.49. The maximum Gasteiger partial charge on any atom is 0.313 e. The minimum absolute atomic E-state index is 0.154. The number of carbonyl (C=O) groups is 1. The van der Waals surface area contributed by atoms with Crippen molar-refractivity contribution in [2.45, 2.75) is 64.9 Å². The summed E-state index contributed by atoms with van der Waals surface area (Å²) in [6.07, 6.45) is 10.7. The third-order valence-electron chi connectivity index (χ3n) is 5.80. The molecule has 0 saturated heterocycles. The first-order valence-electron chi connectivity index (χ1n) is 9.98. The third-order valence-corrected chi connectivity index (χ3v) is 6.74. The van der Waals surface area contributed by atoms with Gasteiger partial charge in [-0.2, -0.15) is 0 Å². The fraction of sp³-hybridized carbons (Fsp3) is 0.762. The average Bonchev–Trinajstić information content (AvgIpc) is 3.07. The summed E-state index contributed by atoms with van der Waals surface area (Å²) in [5.74, 6) is 1.74. The lowest BCUT2D eigenvalue weighted by Crippen LogP contribution is -2.20. The molecule has 1 unspecified atom stereocenters. The van der Waals surface area contributed by atoms with Gasteiger partial charge in [0.1, 0.15) is 0 Å². The molecule has 1 fully saturated rings. The van der Waals surface area contributed by atoms with Gasteiger partial charge in [-0.1, -0.05) is 38.3 Å². The van der Waals surface area contributed by atoms with Gasteiger partial charge >= 0.3 is 5.97 Å². The highest BCUT2D eigenvalue weighted by Gasteiger charge is 2.46. The first-order chi connectivity index (χ1) is 12.4. The number of allylic oxidation sites excluding steroid dienone is 3. The van der Waals surface area contributed by atoms with Crippen LogP contribution in [0.2, 0.25) is 0 Å². The van der Waals surface area contributed by atoms with Crippen LogP contribution in [-0.2, 0) is 4.79 Å². The van der Waals surface area contributed by atoms with Crippen LogP contribution in [0, 0.1) is 23.7 Å². The van der Waals surface area contributed by atoms with Crippen LogP contribution in [0.25, 0.3) is 0 Å². The van der Waals surface area contributed by atoms with Crippen LogP contribution in [0.4, 0.5) is 0 Å². The molecule has 0 aliphatic heterocycles. The molecule has 0 radical (unpaired) electrons. The first-order valence-corrected chi connectivity index (χ1v) is 11.1. The van der Waals surface area contributed by atoms with E-state index in [1.54, 1.807) is 0 Å². The maximum atomic E-state index is 10.6. The van der Waals surface area contributed by atoms with Crippen molar-refractivity contribution >= 4 is 17.7 Å². The van der Waals surface area contributed by atoms with Gasteiger partial charge in [-0.3, -0.25) is 4.79 Å². The van der Waals surface area contributed by atoms with E-state index in [4.69, 9.17) is 5.11 Å². The van der Waals surface area contributed by atoms with E-state index in [0.717, 1.165) is 37.9 Å². The van der Waals surface area contributed by atoms with Crippen LogP contribution >= 0.6 is 11.8 Å². The van der Waals surface area contributed by atoms with Crippen molar-refractivity contribution in [2.24, 2.45) is 23.7 Å². The highest BCUT2D eigenvalue weighted by atomic mass is 32.2. The highest BCUT2D eigenvalue weighted by molar-refractivity contribution is 7.99. The van der Waals surface area contributed by atoms with Gasteiger partial charge in [0.2, 0.25) is 0 Å². The molecular formula is C21H34O4S. The van der Waals surface area contributed by atoms with Gasteiger partial charge in [0.25, 0.3) is 0 Å². The number of rotatable bonds is 11. The van der Waals surface area contributed by atoms with Crippen molar-refractivity contribution in [3.63, 3.8) is 0 Å². The van der Waals surface area contributed by atoms with Crippen molar-refractivity contribution in [2.75, 3.05) is 11.5 Å². The molecule has 26 heavy (non-hydrogen) atoms. The lowest BCUT2D eigenvalue weighted by atomic mass is 9.89. The molecule has 4 nitrogen and oxygen atoms in total. The number of thioether (sulfide) groups is 1. The number of carboxylic acids is 1. The van der Waals surface area contributed by atoms with E-state index in [-0.39, 0.29) is 17.6 Å². The van der Waals surface area contributed by atoms with Gasteiger partial charge in [0.05, 0.1) is 17.6 Å². The zero-order valence-corrected chi connectivity index (χ0v) is 16.9. The molecule has 0 heterocycles. The lowest BCUT2D eigenvalue weighted by molar-refractivity contribution is -0.133. The quantitative estimate of drug-likeness (QED) is 0.272. The number of aliphatic hydroxyl groups excluding tert-OH is 2. The molecular weight excluding hydrogens is 348 g/mol. The predicted octanol–water partition coefficient (Wildman–Crippen LogP) is 4.80. The van der Waals surface area contributed by atoms with Crippen molar-refractivity contribution in [3.8, 4) is 0 Å². The standard InChI is InChI=1S/C21H34O4S/c1-3-5-14(2)6-4-7-18(22)21-17-11-15(8-9-26-13-20(24)25)10-16(17)12-19(21)23/h7,11,14,16-17,19,21-23H,3-6,8-10,12-13H2,1-2H3,(H,24,25)/t14?,16-,17-,19+,21-/m1/s1. The van der Waals surface area contributed by atoms with Crippen LogP contribution in [0.15, 0.2) is 23.5 Å². The lowest BCUT2D eigenvalue weighted by Gasteiger charge is -2.19. The van der Waals surface area contributed by atoms with E-state index >= 15 is 0 Å². The normalized spacial score (nSPS) is 29.5. The average molecular weight is 383 g/mol. The van der Waals surface area contributed by atoms with E-state index < -0.39 is 12.1 Å². The van der Waals surface area contributed by atoms with Gasteiger partial charge < -0.3 is 15.3 Å². The van der Waals surface area contributed by atoms with Gasteiger partial charge in [-0.25, -0.2) is 0 Å². The second-order valence-corrected chi connectivity index (χ2v) is 9.10. The summed E-state index contributed by atoms with van der Waals surface area (Å²) >= 11 is 1.45. The molecule has 0 aromatic heterocycles. The molecule has 0 amide bonds. The predicted molar refractivity (Wildman–Crippen MR) is 107 cm³/mol. The van der Waals surface area contributed by atoms with Gasteiger partial charge in [0.15, 0.2) is 0 Å². The molecule has 3 N–H and O–H groups in total. The smallest absolute Gasteiger partial charge is 0.313 e. The van der Waals surface area contributed by atoms with Crippen molar-refractivity contribution in [3.05, 3.63) is 23.5 Å². The maximum absolute atomic E-state index is 10.6. The molecule has 2 aliphatic rings. The second kappa shape index (κ2) is 10.4. The Bertz CT molecular complexity index is 528. The zero-order chi connectivity index (χ0) is 19.1. The Balaban J connectivity index is 1.87. The summed E-state index contributed by atoms with van der Waals surface area (Å²) in [5, 5.41) is 29.7. The van der Waals surface area contributed by atoms with Crippen molar-refractivity contribution in [1.82, 2.24) is 0 Å². The number of fused-ring (bicyclic) bond motifs is 1. The summed E-state index contributed by atoms with van der Waals surface area (Å²) in [4.78, 5) is 10.6. The third kappa shape index (κ3) is 6.05. The molecule has 0 spiro atoms. The SMILES string of the molecule is CCCC(C)CCC=C(O)[C@H]1[C@@H]2C=C(CCSCC(=O)O)C[C@@H]2C[C@@H]1O. The van der Waals surface area contributed by atoms with Crippen LogP contribution in [0.5, 0.6) is 0 Å². The Labute approximate surface area is 161 Å². The van der Waals surface area contributed by atoms with Crippen LogP contribution in [-0.4, -0.2) is 38.9 Å². The molecule has 0 aromatic rings. The van der Waals surface area contributed by atoms with Crippen molar-refractivity contribution < 1.29 is 20.1 Å². The molecule has 1 saturated carbocycles. The summed E-state index contributed by atoms with van der Waals surface area (Å²) in [6.45, 7) is 4.45. The van der Waals surface area contributed by atoms with Crippen LogP contribution < -0.4 is 0 Å². The molecule has 148 valence electrons. The number of carboxylic acid groups (broad SMARTS) is 1. The molecule has 0 aromatic carbocycles. The summed E-state index contributed by atoms with van der Waals surface area (Å²) in [5.41, 5.74) is 1.36. The van der Waals surface area contributed by atoms with Crippen LogP contribution in [0.3, 0.4) is 0 Å². The Morgan fingerprint density at radius 1 is 1.38 bits per heavy atom. The molecule has 2 rings (SSSR count). The zero-order valence-electron chi connectivity index (χ0n) is 16.1. The number of aliphatic carboxylic acids is 1. The molecule has 0 bridgehead atoms. The largest absolute Gasteiger partial charge is 0.512 e. The Morgan fingerprint density at radius 3 is 2.85 bits per heavy atom. The summed E-state index contributed by atoms with van der Waals surface area (Å²) < 4.78 is 0. The summed E-state index contributed by atoms with van der Waals surface area (Å²) in [7, 11) is 0. The topological polar surface area (TPSA) is 77.8 Å². The number of hydrogen-bond acceptors (Lipinski definition) is 4. The first kappa shape index (κ1) is 21.4. The monoisotopic (exact) mass is 382 g/mol. The second-order valence-electron chi connectivity index (χ2n) is 7.99. The minimum Gasteiger partial charge on any atom is -0.512 e. The molecule has 5 heteroatoms. The van der Waals surface area contributed by atoms with Crippen LogP contribution in [0.1, 0.15) is 58.8 Å². The number of aliphatic hydroxyl groups is 2. The fourth-order valence-corrected chi connectivity index (χ4v) is 5.26. The van der Waals surface area contributed by atoms with E-state index in [1.165, 1.54) is 30.2 Å². The Hall–Kier alpha value is -0.940. The molecule has 2 aliphatic carbocycles. The Morgan fingerprint density at radius 2 is 2.15 bits per heavy atom. The van der Waals surface area contributed by atoms with Crippen molar-refractivity contribution in [1.29, 1.82) is 0 Å².